The first kappa shape index (κ1) is 17.4. The van der Waals surface area contributed by atoms with Gasteiger partial charge in [0.25, 0.3) is 5.91 Å². The molecule has 1 fully saturated rings. The number of carbonyl (C=O) groups excluding carboxylic acids is 3. The standard InChI is InChI=1S/C21H21N3O3/c25-19-10-9-18(22-23-19)21(27)24-11-3-6-17(13-24)20(26)16-8-7-14-4-1-2-5-15(14)12-16/h1-2,4-5,7-8,12,17H,3,6,9-11,13H2,(H,23,25). The van der Waals surface area contributed by atoms with E-state index in [1.165, 1.54) is 0 Å². The molecule has 2 heterocycles. The molecule has 0 radical (unpaired) electrons. The van der Waals surface area contributed by atoms with Crippen molar-refractivity contribution >= 4 is 34.1 Å². The second-order valence-electron chi connectivity index (χ2n) is 7.11. The Morgan fingerprint density at radius 1 is 1.07 bits per heavy atom. The lowest BCUT2D eigenvalue weighted by Gasteiger charge is -2.32. The molecule has 1 saturated heterocycles. The number of amides is 2. The summed E-state index contributed by atoms with van der Waals surface area (Å²) in [6.07, 6.45) is 2.19. The molecule has 138 valence electrons. The largest absolute Gasteiger partial charge is 0.337 e. The second kappa shape index (κ2) is 7.31. The maximum absolute atomic E-state index is 13.0. The summed E-state index contributed by atoms with van der Waals surface area (Å²) in [5.41, 5.74) is 3.42. The summed E-state index contributed by atoms with van der Waals surface area (Å²) >= 11 is 0. The molecule has 0 saturated carbocycles. The summed E-state index contributed by atoms with van der Waals surface area (Å²) in [5.74, 6) is -0.472. The van der Waals surface area contributed by atoms with E-state index in [2.05, 4.69) is 10.5 Å². The fraction of sp³-hybridized carbons (Fsp3) is 0.333. The van der Waals surface area contributed by atoms with E-state index in [9.17, 15) is 14.4 Å². The van der Waals surface area contributed by atoms with Crippen LogP contribution in [0.5, 0.6) is 0 Å². The van der Waals surface area contributed by atoms with E-state index < -0.39 is 0 Å². The minimum atomic E-state index is -0.206. The number of Topliss-reactive ketones (excluding diaryl/α,β-unsaturated/α-hetero) is 1. The highest BCUT2D eigenvalue weighted by Gasteiger charge is 2.31. The highest BCUT2D eigenvalue weighted by molar-refractivity contribution is 6.39. The topological polar surface area (TPSA) is 78.8 Å². The van der Waals surface area contributed by atoms with Crippen LogP contribution in [-0.4, -0.2) is 41.3 Å². The average molecular weight is 363 g/mol. The van der Waals surface area contributed by atoms with Gasteiger partial charge in [-0.15, -0.1) is 0 Å². The quantitative estimate of drug-likeness (QED) is 0.851. The normalized spacial score (nSPS) is 20.1. The fourth-order valence-electron chi connectivity index (χ4n) is 3.76. The average Bonchev–Trinajstić information content (AvgIpc) is 2.73. The van der Waals surface area contributed by atoms with Gasteiger partial charge in [-0.25, -0.2) is 5.43 Å². The van der Waals surface area contributed by atoms with Crippen LogP contribution in [0.2, 0.25) is 0 Å². The fourth-order valence-corrected chi connectivity index (χ4v) is 3.76. The van der Waals surface area contributed by atoms with Crippen molar-refractivity contribution in [2.75, 3.05) is 13.1 Å². The van der Waals surface area contributed by atoms with Crippen molar-refractivity contribution in [1.29, 1.82) is 0 Å². The van der Waals surface area contributed by atoms with Gasteiger partial charge in [0.15, 0.2) is 5.78 Å². The molecule has 0 aromatic heterocycles. The third kappa shape index (κ3) is 3.60. The number of hydrogen-bond acceptors (Lipinski definition) is 4. The predicted molar refractivity (Wildman–Crippen MR) is 102 cm³/mol. The third-order valence-corrected chi connectivity index (χ3v) is 5.26. The van der Waals surface area contributed by atoms with Gasteiger partial charge in [0.2, 0.25) is 5.91 Å². The van der Waals surface area contributed by atoms with Gasteiger partial charge in [0.1, 0.15) is 5.71 Å². The number of nitrogens with zero attached hydrogens (tertiary/aromatic N) is 2. The maximum atomic E-state index is 13.0. The van der Waals surface area contributed by atoms with E-state index in [0.29, 0.717) is 30.8 Å². The molecule has 1 N–H and O–H groups in total. The van der Waals surface area contributed by atoms with Gasteiger partial charge < -0.3 is 4.90 Å². The van der Waals surface area contributed by atoms with Crippen LogP contribution in [0, 0.1) is 5.92 Å². The first-order chi connectivity index (χ1) is 13.1. The SMILES string of the molecule is O=C1CCC(C(=O)N2CCCC(C(=O)c3ccc4ccccc4c3)C2)=NN1. The zero-order chi connectivity index (χ0) is 18.8. The molecule has 0 aliphatic carbocycles. The summed E-state index contributed by atoms with van der Waals surface area (Å²) in [6.45, 7) is 1.02. The smallest absolute Gasteiger partial charge is 0.270 e. The van der Waals surface area contributed by atoms with Crippen LogP contribution in [0.25, 0.3) is 10.8 Å². The van der Waals surface area contributed by atoms with Crippen molar-refractivity contribution in [3.8, 4) is 0 Å². The Balaban J connectivity index is 1.49. The summed E-state index contributed by atoms with van der Waals surface area (Å²) < 4.78 is 0. The maximum Gasteiger partial charge on any atom is 0.270 e. The Morgan fingerprint density at radius 3 is 2.67 bits per heavy atom. The first-order valence-corrected chi connectivity index (χ1v) is 9.29. The number of hydrazone groups is 1. The molecule has 0 bridgehead atoms. The highest BCUT2D eigenvalue weighted by atomic mass is 16.2. The van der Waals surface area contributed by atoms with Crippen molar-refractivity contribution in [3.63, 3.8) is 0 Å². The molecule has 6 nitrogen and oxygen atoms in total. The molecule has 27 heavy (non-hydrogen) atoms. The van der Waals surface area contributed by atoms with E-state index in [0.717, 1.165) is 23.6 Å². The summed E-state index contributed by atoms with van der Waals surface area (Å²) in [5, 5.41) is 6.03. The van der Waals surface area contributed by atoms with E-state index >= 15 is 0 Å². The van der Waals surface area contributed by atoms with Gasteiger partial charge in [-0.1, -0.05) is 36.4 Å². The number of carbonyl (C=O) groups is 3. The minimum absolute atomic E-state index is 0.0807. The Labute approximate surface area is 157 Å². The van der Waals surface area contributed by atoms with Crippen LogP contribution in [-0.2, 0) is 9.59 Å². The number of nitrogens with one attached hydrogen (secondary N) is 1. The van der Waals surface area contributed by atoms with Crippen LogP contribution in [0.4, 0.5) is 0 Å². The summed E-state index contributed by atoms with van der Waals surface area (Å²) in [7, 11) is 0. The lowest BCUT2D eigenvalue weighted by Crippen LogP contribution is -2.46. The molecular formula is C21H21N3O3. The zero-order valence-electron chi connectivity index (χ0n) is 15.0. The minimum Gasteiger partial charge on any atom is -0.337 e. The van der Waals surface area contributed by atoms with Gasteiger partial charge in [-0.2, -0.15) is 5.10 Å². The van der Waals surface area contributed by atoms with E-state index in [1.807, 2.05) is 42.5 Å². The molecule has 1 unspecified atom stereocenters. The predicted octanol–water partition coefficient (Wildman–Crippen LogP) is 2.53. The molecule has 2 aliphatic heterocycles. The van der Waals surface area contributed by atoms with Gasteiger partial charge in [0, 0.05) is 37.4 Å². The lowest BCUT2D eigenvalue weighted by molar-refractivity contribution is -0.125. The summed E-state index contributed by atoms with van der Waals surface area (Å²) in [6, 6.07) is 13.7. The Bertz CT molecular complexity index is 951. The van der Waals surface area contributed by atoms with Crippen molar-refractivity contribution in [2.45, 2.75) is 25.7 Å². The molecule has 6 heteroatoms. The van der Waals surface area contributed by atoms with Crippen molar-refractivity contribution in [2.24, 2.45) is 11.0 Å². The lowest BCUT2D eigenvalue weighted by atomic mass is 9.89. The van der Waals surface area contributed by atoms with Gasteiger partial charge in [0.05, 0.1) is 0 Å². The number of likely N-dealkylation sites (tertiary alicyclic amines) is 1. The molecule has 2 amide bonds. The van der Waals surface area contributed by atoms with Crippen molar-refractivity contribution < 1.29 is 14.4 Å². The van der Waals surface area contributed by atoms with Gasteiger partial charge in [-0.05, 0) is 29.7 Å². The number of fused-ring (bicyclic) bond motifs is 1. The van der Waals surface area contributed by atoms with Crippen LogP contribution in [0.1, 0.15) is 36.0 Å². The van der Waals surface area contributed by atoms with Crippen molar-refractivity contribution in [3.05, 3.63) is 48.0 Å². The van der Waals surface area contributed by atoms with Crippen LogP contribution < -0.4 is 5.43 Å². The molecule has 1 atom stereocenters. The molecular weight excluding hydrogens is 342 g/mol. The number of benzene rings is 2. The molecule has 2 aliphatic rings. The highest BCUT2D eigenvalue weighted by Crippen LogP contribution is 2.24. The molecule has 2 aromatic rings. The van der Waals surface area contributed by atoms with Gasteiger partial charge in [-0.3, -0.25) is 14.4 Å². The number of hydrogen-bond donors (Lipinski definition) is 1. The van der Waals surface area contributed by atoms with Crippen LogP contribution in [0.3, 0.4) is 0 Å². The Morgan fingerprint density at radius 2 is 1.89 bits per heavy atom. The van der Waals surface area contributed by atoms with E-state index in [4.69, 9.17) is 0 Å². The number of piperidine rings is 1. The van der Waals surface area contributed by atoms with E-state index in [1.54, 1.807) is 4.90 Å². The third-order valence-electron chi connectivity index (χ3n) is 5.26. The first-order valence-electron chi connectivity index (χ1n) is 9.29. The molecule has 2 aromatic carbocycles. The number of rotatable bonds is 3. The van der Waals surface area contributed by atoms with E-state index in [-0.39, 0.29) is 29.9 Å². The summed E-state index contributed by atoms with van der Waals surface area (Å²) in [4.78, 5) is 38.6. The van der Waals surface area contributed by atoms with Crippen molar-refractivity contribution in [1.82, 2.24) is 10.3 Å². The zero-order valence-corrected chi connectivity index (χ0v) is 15.0. The monoisotopic (exact) mass is 363 g/mol. The van der Waals surface area contributed by atoms with Gasteiger partial charge >= 0.3 is 0 Å². The molecule has 4 rings (SSSR count). The number of ketones is 1. The molecule has 0 spiro atoms. The van der Waals surface area contributed by atoms with Crippen LogP contribution in [0.15, 0.2) is 47.6 Å². The van der Waals surface area contributed by atoms with Crippen LogP contribution >= 0.6 is 0 Å². The second-order valence-corrected chi connectivity index (χ2v) is 7.11. The Hall–Kier alpha value is -3.02. The Kier molecular flexibility index (Phi) is 4.71.